The van der Waals surface area contributed by atoms with Crippen molar-refractivity contribution in [1.29, 1.82) is 0 Å². The van der Waals surface area contributed by atoms with E-state index in [9.17, 15) is 4.79 Å². The van der Waals surface area contributed by atoms with Crippen molar-refractivity contribution in [3.8, 4) is 0 Å². The molecule has 1 amide bonds. The molecule has 3 nitrogen and oxygen atoms in total. The Hall–Kier alpha value is -0.570. The molecule has 3 heteroatoms. The van der Waals surface area contributed by atoms with Gasteiger partial charge in [-0.1, -0.05) is 26.2 Å². The summed E-state index contributed by atoms with van der Waals surface area (Å²) >= 11 is 0. The number of nitrogens with one attached hydrogen (secondary N) is 1. The number of nitrogens with two attached hydrogens (primary N) is 1. The second-order valence-electron chi connectivity index (χ2n) is 4.96. The molecule has 2 atom stereocenters. The molecule has 0 aromatic carbocycles. The molecule has 0 bridgehead atoms. The number of carbonyl (C=O) groups is 1. The lowest BCUT2D eigenvalue weighted by atomic mass is 9.81. The van der Waals surface area contributed by atoms with E-state index in [-0.39, 0.29) is 11.8 Å². The first-order valence-electron chi connectivity index (χ1n) is 6.75. The Kier molecular flexibility index (Phi) is 6.46. The second kappa shape index (κ2) is 7.66. The van der Waals surface area contributed by atoms with Crippen LogP contribution in [0.4, 0.5) is 0 Å². The van der Waals surface area contributed by atoms with Crippen LogP contribution in [0, 0.1) is 11.8 Å². The summed E-state index contributed by atoms with van der Waals surface area (Å²) in [4.78, 5) is 11.9. The van der Waals surface area contributed by atoms with Gasteiger partial charge in [0.15, 0.2) is 0 Å². The maximum absolute atomic E-state index is 11.9. The lowest BCUT2D eigenvalue weighted by Crippen LogP contribution is -2.35. The maximum Gasteiger partial charge on any atom is 0.223 e. The molecule has 0 aromatic rings. The zero-order valence-corrected chi connectivity index (χ0v) is 10.5. The Labute approximate surface area is 99.2 Å². The zero-order chi connectivity index (χ0) is 11.8. The van der Waals surface area contributed by atoms with Gasteiger partial charge in [0.1, 0.15) is 0 Å². The molecule has 1 saturated carbocycles. The lowest BCUT2D eigenvalue weighted by molar-refractivity contribution is -0.126. The minimum Gasteiger partial charge on any atom is -0.356 e. The van der Waals surface area contributed by atoms with E-state index in [0.717, 1.165) is 38.8 Å². The molecule has 0 aliphatic heterocycles. The molecule has 2 unspecified atom stereocenters. The average molecular weight is 226 g/mol. The van der Waals surface area contributed by atoms with Crippen LogP contribution in [-0.4, -0.2) is 19.0 Å². The van der Waals surface area contributed by atoms with E-state index in [2.05, 4.69) is 12.2 Å². The fourth-order valence-corrected chi connectivity index (χ4v) is 2.47. The summed E-state index contributed by atoms with van der Waals surface area (Å²) in [5.74, 6) is 1.05. The number of amides is 1. The van der Waals surface area contributed by atoms with Crippen LogP contribution in [0.3, 0.4) is 0 Å². The van der Waals surface area contributed by atoms with Crippen molar-refractivity contribution in [3.05, 3.63) is 0 Å². The van der Waals surface area contributed by atoms with Crippen LogP contribution in [0.25, 0.3) is 0 Å². The summed E-state index contributed by atoms with van der Waals surface area (Å²) in [5.41, 5.74) is 5.67. The zero-order valence-electron chi connectivity index (χ0n) is 10.5. The number of rotatable bonds is 6. The molecule has 3 N–H and O–H groups in total. The maximum atomic E-state index is 11.9. The number of carbonyl (C=O) groups excluding carboxylic acids is 1. The van der Waals surface area contributed by atoms with Crippen LogP contribution in [0.2, 0.25) is 0 Å². The predicted molar refractivity (Wildman–Crippen MR) is 67.0 cm³/mol. The van der Waals surface area contributed by atoms with Crippen molar-refractivity contribution < 1.29 is 4.79 Å². The van der Waals surface area contributed by atoms with Gasteiger partial charge in [-0.2, -0.15) is 0 Å². The molecule has 16 heavy (non-hydrogen) atoms. The molecule has 1 rings (SSSR count). The van der Waals surface area contributed by atoms with Gasteiger partial charge in [-0.25, -0.2) is 0 Å². The summed E-state index contributed by atoms with van der Waals surface area (Å²) < 4.78 is 0. The van der Waals surface area contributed by atoms with Gasteiger partial charge in [0.2, 0.25) is 5.91 Å². The van der Waals surface area contributed by atoms with Crippen molar-refractivity contribution in [3.63, 3.8) is 0 Å². The van der Waals surface area contributed by atoms with Crippen molar-refractivity contribution in [2.45, 2.75) is 51.9 Å². The van der Waals surface area contributed by atoms with Crippen LogP contribution in [0.1, 0.15) is 51.9 Å². The monoisotopic (exact) mass is 226 g/mol. The van der Waals surface area contributed by atoms with Crippen LogP contribution in [0.15, 0.2) is 0 Å². The SMILES string of the molecule is CCCCCNC(=O)C1CCCC(CN)C1. The van der Waals surface area contributed by atoms with E-state index in [1.807, 2.05) is 0 Å². The Bertz CT molecular complexity index is 206. The van der Waals surface area contributed by atoms with E-state index in [4.69, 9.17) is 5.73 Å². The number of hydrogen-bond donors (Lipinski definition) is 2. The van der Waals surface area contributed by atoms with E-state index in [1.54, 1.807) is 0 Å². The Morgan fingerprint density at radius 2 is 2.19 bits per heavy atom. The van der Waals surface area contributed by atoms with Crippen LogP contribution < -0.4 is 11.1 Å². The van der Waals surface area contributed by atoms with Gasteiger partial charge in [0, 0.05) is 12.5 Å². The van der Waals surface area contributed by atoms with Crippen LogP contribution in [0.5, 0.6) is 0 Å². The summed E-state index contributed by atoms with van der Waals surface area (Å²) in [6, 6.07) is 0. The highest BCUT2D eigenvalue weighted by molar-refractivity contribution is 5.78. The van der Waals surface area contributed by atoms with Crippen LogP contribution >= 0.6 is 0 Å². The van der Waals surface area contributed by atoms with Gasteiger partial charge in [0.05, 0.1) is 0 Å². The van der Waals surface area contributed by atoms with Crippen molar-refractivity contribution in [2.24, 2.45) is 17.6 Å². The predicted octanol–water partition coefficient (Wildman–Crippen LogP) is 2.06. The molecular formula is C13H26N2O. The van der Waals surface area contributed by atoms with Gasteiger partial charge in [-0.3, -0.25) is 4.79 Å². The third kappa shape index (κ3) is 4.52. The first kappa shape index (κ1) is 13.5. The molecule has 0 heterocycles. The lowest BCUT2D eigenvalue weighted by Gasteiger charge is -2.27. The molecular weight excluding hydrogens is 200 g/mol. The molecule has 0 saturated heterocycles. The van der Waals surface area contributed by atoms with Crippen molar-refractivity contribution in [2.75, 3.05) is 13.1 Å². The summed E-state index contributed by atoms with van der Waals surface area (Å²) in [5, 5.41) is 3.05. The van der Waals surface area contributed by atoms with E-state index in [0.29, 0.717) is 5.92 Å². The molecule has 0 aromatic heterocycles. The molecule has 94 valence electrons. The standard InChI is InChI=1S/C13H26N2O/c1-2-3-4-8-15-13(16)12-7-5-6-11(9-12)10-14/h11-12H,2-10,14H2,1H3,(H,15,16). The van der Waals surface area contributed by atoms with E-state index < -0.39 is 0 Å². The van der Waals surface area contributed by atoms with Crippen LogP contribution in [-0.2, 0) is 4.79 Å². The Morgan fingerprint density at radius 1 is 1.38 bits per heavy atom. The quantitative estimate of drug-likeness (QED) is 0.681. The highest BCUT2D eigenvalue weighted by atomic mass is 16.1. The number of unbranched alkanes of at least 4 members (excludes halogenated alkanes) is 2. The third-order valence-electron chi connectivity index (χ3n) is 3.57. The summed E-state index contributed by atoms with van der Waals surface area (Å²) in [6.45, 7) is 3.75. The fraction of sp³-hybridized carbons (Fsp3) is 0.923. The Morgan fingerprint density at radius 3 is 2.88 bits per heavy atom. The van der Waals surface area contributed by atoms with Gasteiger partial charge in [0.25, 0.3) is 0 Å². The highest BCUT2D eigenvalue weighted by Gasteiger charge is 2.25. The van der Waals surface area contributed by atoms with Gasteiger partial charge >= 0.3 is 0 Å². The molecule has 0 spiro atoms. The van der Waals surface area contributed by atoms with Gasteiger partial charge in [-0.15, -0.1) is 0 Å². The summed E-state index contributed by atoms with van der Waals surface area (Å²) in [6.07, 6.45) is 7.93. The molecule has 1 aliphatic carbocycles. The fourth-order valence-electron chi connectivity index (χ4n) is 2.47. The minimum absolute atomic E-state index is 0.226. The van der Waals surface area contributed by atoms with Crippen molar-refractivity contribution in [1.82, 2.24) is 5.32 Å². The Balaban J connectivity index is 2.19. The largest absolute Gasteiger partial charge is 0.356 e. The smallest absolute Gasteiger partial charge is 0.223 e. The normalized spacial score (nSPS) is 25.4. The number of hydrogen-bond acceptors (Lipinski definition) is 2. The highest BCUT2D eigenvalue weighted by Crippen LogP contribution is 2.28. The molecule has 0 radical (unpaired) electrons. The first-order valence-corrected chi connectivity index (χ1v) is 6.75. The summed E-state index contributed by atoms with van der Waals surface area (Å²) in [7, 11) is 0. The topological polar surface area (TPSA) is 55.1 Å². The van der Waals surface area contributed by atoms with Gasteiger partial charge < -0.3 is 11.1 Å². The van der Waals surface area contributed by atoms with Crippen molar-refractivity contribution >= 4 is 5.91 Å². The minimum atomic E-state index is 0.226. The van der Waals surface area contributed by atoms with E-state index in [1.165, 1.54) is 19.3 Å². The average Bonchev–Trinajstić information content (AvgIpc) is 2.34. The van der Waals surface area contributed by atoms with Gasteiger partial charge in [-0.05, 0) is 38.1 Å². The second-order valence-corrected chi connectivity index (χ2v) is 4.96. The van der Waals surface area contributed by atoms with E-state index >= 15 is 0 Å². The third-order valence-corrected chi connectivity index (χ3v) is 3.57. The molecule has 1 aliphatic rings. The first-order chi connectivity index (χ1) is 7.77. The molecule has 1 fully saturated rings.